The van der Waals surface area contributed by atoms with Crippen molar-refractivity contribution in [1.29, 1.82) is 0 Å². The van der Waals surface area contributed by atoms with E-state index in [1.165, 1.54) is 6.07 Å². The quantitative estimate of drug-likeness (QED) is 0.583. The highest BCUT2D eigenvalue weighted by molar-refractivity contribution is 7.89. The first-order valence-corrected chi connectivity index (χ1v) is 13.1. The Hall–Kier alpha value is -1.88. The van der Waals surface area contributed by atoms with Crippen LogP contribution >= 0.6 is 0 Å². The standard InChI is InChI=1S/C22H28F4N2O4S/c1-33(30,31)27-20(29)17-10-16(14-5-6-14)19(11-18(17)23)32-15-4-2-9-28(12-15)13-21(7-3-8-21)22(24,25)26/h10-11,14-15H,2-9,12-13H2,1H3,(H,27,29). The van der Waals surface area contributed by atoms with Crippen molar-refractivity contribution >= 4 is 15.9 Å². The minimum Gasteiger partial charge on any atom is -0.489 e. The number of alkyl halides is 3. The second-order valence-corrected chi connectivity index (χ2v) is 11.3. The highest BCUT2D eigenvalue weighted by Gasteiger charge is 2.58. The number of nitrogens with one attached hydrogen (secondary N) is 1. The number of sulfonamides is 1. The molecule has 1 unspecified atom stereocenters. The molecular weight excluding hydrogens is 464 g/mol. The molecule has 11 heteroatoms. The Morgan fingerprint density at radius 1 is 1.21 bits per heavy atom. The van der Waals surface area contributed by atoms with E-state index in [4.69, 9.17) is 4.74 Å². The lowest BCUT2D eigenvalue weighted by atomic mass is 9.67. The van der Waals surface area contributed by atoms with E-state index in [0.717, 1.165) is 25.2 Å². The first kappa shape index (κ1) is 24.3. The molecule has 1 heterocycles. The number of hydrogen-bond acceptors (Lipinski definition) is 5. The fourth-order valence-corrected chi connectivity index (χ4v) is 5.23. The first-order valence-electron chi connectivity index (χ1n) is 11.2. The maximum atomic E-state index is 14.7. The zero-order valence-electron chi connectivity index (χ0n) is 18.4. The number of rotatable bonds is 7. The van der Waals surface area contributed by atoms with Crippen LogP contribution in [0.1, 0.15) is 66.8 Å². The molecule has 0 bridgehead atoms. The highest BCUT2D eigenvalue weighted by Crippen LogP contribution is 2.53. The van der Waals surface area contributed by atoms with E-state index in [2.05, 4.69) is 0 Å². The van der Waals surface area contributed by atoms with E-state index < -0.39 is 39.4 Å². The van der Waals surface area contributed by atoms with Crippen molar-refractivity contribution in [3.05, 3.63) is 29.1 Å². The van der Waals surface area contributed by atoms with Crippen LogP contribution in [0.4, 0.5) is 17.6 Å². The number of benzene rings is 1. The Morgan fingerprint density at radius 2 is 1.91 bits per heavy atom. The van der Waals surface area contributed by atoms with Crippen LogP contribution < -0.4 is 9.46 Å². The molecule has 1 aromatic rings. The number of likely N-dealkylation sites (tertiary alicyclic amines) is 1. The van der Waals surface area contributed by atoms with Gasteiger partial charge < -0.3 is 4.74 Å². The summed E-state index contributed by atoms with van der Waals surface area (Å²) >= 11 is 0. The molecule has 0 spiro atoms. The van der Waals surface area contributed by atoms with Crippen LogP contribution in [0.2, 0.25) is 0 Å². The molecule has 6 nitrogen and oxygen atoms in total. The van der Waals surface area contributed by atoms with Crippen molar-refractivity contribution < 1.29 is 35.5 Å². The molecule has 33 heavy (non-hydrogen) atoms. The third-order valence-electron chi connectivity index (χ3n) is 6.83. The number of amides is 1. The number of ether oxygens (including phenoxy) is 1. The predicted octanol–water partition coefficient (Wildman–Crippen LogP) is 3.97. The summed E-state index contributed by atoms with van der Waals surface area (Å²) in [7, 11) is -3.85. The van der Waals surface area contributed by atoms with Crippen LogP contribution in [-0.4, -0.2) is 57.4 Å². The fraction of sp³-hybridized carbons (Fsp3) is 0.682. The smallest absolute Gasteiger partial charge is 0.395 e. The summed E-state index contributed by atoms with van der Waals surface area (Å²) < 4.78 is 86.0. The maximum absolute atomic E-state index is 14.7. The third-order valence-corrected chi connectivity index (χ3v) is 7.39. The Bertz CT molecular complexity index is 1020. The number of halogens is 4. The average molecular weight is 493 g/mol. The molecular formula is C22H28F4N2O4S. The highest BCUT2D eigenvalue weighted by atomic mass is 32.2. The minimum absolute atomic E-state index is 0.0508. The number of hydrogen-bond donors (Lipinski definition) is 1. The van der Waals surface area contributed by atoms with Gasteiger partial charge in [0.1, 0.15) is 17.7 Å². The number of carbonyl (C=O) groups excluding carboxylic acids is 1. The average Bonchev–Trinajstić information content (AvgIpc) is 3.47. The van der Waals surface area contributed by atoms with Gasteiger partial charge in [0.2, 0.25) is 10.0 Å². The summed E-state index contributed by atoms with van der Waals surface area (Å²) in [6, 6.07) is 2.42. The predicted molar refractivity (Wildman–Crippen MR) is 113 cm³/mol. The molecule has 1 aliphatic heterocycles. The lowest BCUT2D eigenvalue weighted by molar-refractivity contribution is -0.257. The molecule has 3 fully saturated rings. The molecule has 3 aliphatic rings. The summed E-state index contributed by atoms with van der Waals surface area (Å²) in [5.41, 5.74) is -1.40. The fourth-order valence-electron chi connectivity index (χ4n) is 4.78. The van der Waals surface area contributed by atoms with Crippen LogP contribution in [0.5, 0.6) is 5.75 Å². The molecule has 1 atom stereocenters. The maximum Gasteiger partial charge on any atom is 0.395 e. The van der Waals surface area contributed by atoms with Crippen molar-refractivity contribution in [3.63, 3.8) is 0 Å². The van der Waals surface area contributed by atoms with E-state index in [9.17, 15) is 30.8 Å². The van der Waals surface area contributed by atoms with Gasteiger partial charge in [0.05, 0.1) is 17.2 Å². The van der Waals surface area contributed by atoms with Gasteiger partial charge in [-0.25, -0.2) is 17.5 Å². The lowest BCUT2D eigenvalue weighted by Gasteiger charge is -2.47. The van der Waals surface area contributed by atoms with Crippen molar-refractivity contribution in [2.75, 3.05) is 25.9 Å². The van der Waals surface area contributed by atoms with Gasteiger partial charge in [0.15, 0.2) is 0 Å². The number of carbonyl (C=O) groups is 1. The van der Waals surface area contributed by atoms with Gasteiger partial charge >= 0.3 is 6.18 Å². The van der Waals surface area contributed by atoms with Crippen molar-refractivity contribution in [1.82, 2.24) is 9.62 Å². The van der Waals surface area contributed by atoms with Crippen LogP contribution in [-0.2, 0) is 10.0 Å². The van der Waals surface area contributed by atoms with Gasteiger partial charge in [-0.05, 0) is 62.6 Å². The Kier molecular flexibility index (Phi) is 6.41. The Balaban J connectivity index is 1.49. The molecule has 1 aromatic carbocycles. The minimum atomic E-state index is -4.23. The third kappa shape index (κ3) is 5.45. The van der Waals surface area contributed by atoms with E-state index in [1.54, 1.807) is 9.62 Å². The second kappa shape index (κ2) is 8.72. The molecule has 1 N–H and O–H groups in total. The normalized spacial score (nSPS) is 23.6. The lowest BCUT2D eigenvalue weighted by Crippen LogP contribution is -2.54. The summed E-state index contributed by atoms with van der Waals surface area (Å²) in [4.78, 5) is 14.0. The molecule has 0 radical (unpaired) electrons. The summed E-state index contributed by atoms with van der Waals surface area (Å²) in [5.74, 6) is -1.61. The van der Waals surface area contributed by atoms with Crippen molar-refractivity contribution in [2.45, 2.75) is 63.1 Å². The monoisotopic (exact) mass is 492 g/mol. The zero-order valence-corrected chi connectivity index (χ0v) is 19.2. The molecule has 2 aliphatic carbocycles. The first-order chi connectivity index (χ1) is 15.4. The van der Waals surface area contributed by atoms with E-state index in [0.29, 0.717) is 37.9 Å². The number of nitrogens with zero attached hydrogens (tertiary/aromatic N) is 1. The molecule has 1 saturated heterocycles. The van der Waals surface area contributed by atoms with E-state index in [1.807, 2.05) is 0 Å². The van der Waals surface area contributed by atoms with Gasteiger partial charge in [-0.15, -0.1) is 0 Å². The second-order valence-electron chi connectivity index (χ2n) is 9.60. The van der Waals surface area contributed by atoms with Gasteiger partial charge in [-0.2, -0.15) is 13.2 Å². The molecule has 2 saturated carbocycles. The summed E-state index contributed by atoms with van der Waals surface area (Å²) in [6.45, 7) is 0.830. The van der Waals surface area contributed by atoms with Gasteiger partial charge in [0, 0.05) is 19.2 Å². The van der Waals surface area contributed by atoms with Crippen molar-refractivity contribution in [2.24, 2.45) is 5.41 Å². The van der Waals surface area contributed by atoms with Gasteiger partial charge in [-0.3, -0.25) is 9.69 Å². The number of piperidine rings is 1. The SMILES string of the molecule is CS(=O)(=O)NC(=O)c1cc(C2CC2)c(OC2CCCN(CC3(C(F)(F)F)CCC3)C2)cc1F. The Labute approximate surface area is 190 Å². The molecule has 0 aromatic heterocycles. The van der Waals surface area contributed by atoms with Crippen LogP contribution in [0.15, 0.2) is 12.1 Å². The summed E-state index contributed by atoms with van der Waals surface area (Å²) in [6.07, 6.45) is 0.0338. The van der Waals surface area contributed by atoms with Gasteiger partial charge in [0.25, 0.3) is 5.91 Å². The topological polar surface area (TPSA) is 75.7 Å². The van der Waals surface area contributed by atoms with Crippen molar-refractivity contribution in [3.8, 4) is 5.75 Å². The van der Waals surface area contributed by atoms with E-state index >= 15 is 0 Å². The largest absolute Gasteiger partial charge is 0.489 e. The van der Waals surface area contributed by atoms with Crippen LogP contribution in [0, 0.1) is 11.2 Å². The van der Waals surface area contributed by atoms with Crippen LogP contribution in [0.25, 0.3) is 0 Å². The molecule has 4 rings (SSSR count). The van der Waals surface area contributed by atoms with Crippen LogP contribution in [0.3, 0.4) is 0 Å². The molecule has 184 valence electrons. The van der Waals surface area contributed by atoms with Gasteiger partial charge in [-0.1, -0.05) is 6.42 Å². The zero-order chi connectivity index (χ0) is 24.0. The van der Waals surface area contributed by atoms with E-state index in [-0.39, 0.29) is 36.6 Å². The molecule has 1 amide bonds. The Morgan fingerprint density at radius 3 is 2.45 bits per heavy atom. The summed E-state index contributed by atoms with van der Waals surface area (Å²) in [5, 5.41) is 0.